The number of pyridine rings is 2. The van der Waals surface area contributed by atoms with Gasteiger partial charge in [0, 0.05) is 67.2 Å². The Morgan fingerprint density at radius 1 is 1.04 bits per heavy atom. The van der Waals surface area contributed by atoms with Gasteiger partial charge in [0.2, 0.25) is 38.6 Å². The smallest absolute Gasteiger partial charge is 0.343 e. The first-order chi connectivity index (χ1) is 34.7. The fraction of sp³-hybridized carbons (Fsp3) is 0.471. The zero-order valence-electron chi connectivity index (χ0n) is 41.6. The number of hydrogen-bond acceptors (Lipinski definition) is 15. The number of benzene rings is 1. The van der Waals surface area contributed by atoms with Crippen LogP contribution in [0.1, 0.15) is 99.6 Å². The van der Waals surface area contributed by atoms with Crippen LogP contribution < -0.4 is 26.8 Å². The number of likely N-dealkylation sites (tertiary alicyclic amines) is 1. The van der Waals surface area contributed by atoms with Gasteiger partial charge < -0.3 is 45.3 Å². The molecule has 6 heterocycles. The van der Waals surface area contributed by atoms with Crippen molar-refractivity contribution in [2.75, 3.05) is 45.8 Å². The second kappa shape index (κ2) is 22.5. The molecule has 5 N–H and O–H groups in total. The lowest BCUT2D eigenvalue weighted by Crippen LogP contribution is -2.66. The molecule has 3 aliphatic heterocycles. The Hall–Kier alpha value is -6.93. The number of aromatic nitrogens is 4. The molecule has 0 aliphatic carbocycles. The maximum absolute atomic E-state index is 14.9. The topological polar surface area (TPSA) is 270 Å². The lowest BCUT2D eigenvalue weighted by atomic mass is 9.85. The molecule has 4 amide bonds. The van der Waals surface area contributed by atoms with Crippen LogP contribution in [0.25, 0.3) is 28.4 Å². The van der Waals surface area contributed by atoms with Gasteiger partial charge in [-0.2, -0.15) is 0 Å². The Morgan fingerprint density at radius 3 is 2.44 bits per heavy atom. The van der Waals surface area contributed by atoms with Crippen LogP contribution in [0.4, 0.5) is 4.39 Å². The third kappa shape index (κ3) is 11.8. The molecule has 20 nitrogen and oxygen atoms in total. The molecule has 7 rings (SSSR count). The number of carbonyl (C=O) groups excluding carboxylic acids is 5. The van der Waals surface area contributed by atoms with Crippen LogP contribution in [-0.2, 0) is 62.0 Å². The minimum Gasteiger partial charge on any atom is -0.458 e. The lowest BCUT2D eigenvalue weighted by Gasteiger charge is -2.41. The normalized spacial score (nSPS) is 17.5. The number of aryl methyl sites for hydroxylation is 1. The molecule has 2 atom stereocenters. The van der Waals surface area contributed by atoms with Crippen molar-refractivity contribution in [2.24, 2.45) is 5.92 Å². The van der Waals surface area contributed by atoms with E-state index in [0.29, 0.717) is 70.5 Å². The minimum absolute atomic E-state index is 0.0154. The summed E-state index contributed by atoms with van der Waals surface area (Å²) in [4.78, 5) is 94.9. The van der Waals surface area contributed by atoms with Gasteiger partial charge >= 0.3 is 5.97 Å². The molecule has 1 fully saturated rings. The van der Waals surface area contributed by atoms with Crippen LogP contribution in [0, 0.1) is 30.5 Å². The van der Waals surface area contributed by atoms with Crippen LogP contribution in [0.15, 0.2) is 46.6 Å². The molecule has 1 saturated heterocycles. The second-order valence-corrected chi connectivity index (χ2v) is 20.7. The van der Waals surface area contributed by atoms with Crippen LogP contribution in [0.5, 0.6) is 0 Å². The monoisotopic (exact) mass is 1030 g/mol. The van der Waals surface area contributed by atoms with E-state index in [4.69, 9.17) is 14.5 Å². The predicted octanol–water partition coefficient (Wildman–Crippen LogP) is 2.27. The van der Waals surface area contributed by atoms with Gasteiger partial charge in [-0.25, -0.2) is 32.6 Å². The number of cyclic esters (lactones) is 1. The number of ether oxygens (including phenoxy) is 2. The SMILES string of the molecule is CCN1CCC(NC(=O)[C@@H](NC(=O)CCCC#Cc2cnc(S(C)(=O)=O)nc2)C(C)C)(C(=O)NCC(=O)NCOC/C=C/c2c3c(nc4cc(F)c(C)cc24)-c2cc4c(c(=O)n2C3)COC(=O)[C@]4(O)CC)CC1. The van der Waals surface area contributed by atoms with E-state index in [2.05, 4.69) is 48.0 Å². The predicted molar refractivity (Wildman–Crippen MR) is 265 cm³/mol. The molecule has 3 aliphatic rings. The highest BCUT2D eigenvalue weighted by atomic mass is 32.2. The van der Waals surface area contributed by atoms with Gasteiger partial charge in [0.15, 0.2) is 5.60 Å². The van der Waals surface area contributed by atoms with Crippen molar-refractivity contribution >= 4 is 56.4 Å². The summed E-state index contributed by atoms with van der Waals surface area (Å²) in [5, 5.41) is 22.7. The summed E-state index contributed by atoms with van der Waals surface area (Å²) in [6, 6.07) is 3.61. The Labute approximate surface area is 421 Å². The van der Waals surface area contributed by atoms with Crippen LogP contribution in [0.3, 0.4) is 0 Å². The number of amides is 4. The van der Waals surface area contributed by atoms with E-state index in [0.717, 1.165) is 12.8 Å². The molecule has 3 aromatic heterocycles. The van der Waals surface area contributed by atoms with E-state index in [9.17, 15) is 46.7 Å². The Bertz CT molecular complexity index is 3100. The number of esters is 1. The van der Waals surface area contributed by atoms with Gasteiger partial charge in [0.1, 0.15) is 30.7 Å². The molecule has 4 aromatic rings. The van der Waals surface area contributed by atoms with E-state index >= 15 is 0 Å². The average molecular weight is 1030 g/mol. The maximum Gasteiger partial charge on any atom is 0.343 e. The molecule has 0 spiro atoms. The van der Waals surface area contributed by atoms with Crippen LogP contribution >= 0.6 is 0 Å². The number of fused-ring (bicyclic) bond motifs is 5. The van der Waals surface area contributed by atoms with Gasteiger partial charge in [0.05, 0.1) is 47.7 Å². The molecule has 0 bridgehead atoms. The van der Waals surface area contributed by atoms with Crippen molar-refractivity contribution in [3.63, 3.8) is 0 Å². The Morgan fingerprint density at radius 2 is 1.77 bits per heavy atom. The number of rotatable bonds is 18. The number of piperidine rings is 1. The van der Waals surface area contributed by atoms with E-state index in [1.165, 1.54) is 23.0 Å². The quantitative estimate of drug-likeness (QED) is 0.0277. The molecule has 1 aromatic carbocycles. The fourth-order valence-electron chi connectivity index (χ4n) is 9.08. The fourth-order valence-corrected chi connectivity index (χ4v) is 9.56. The number of hydrogen-bond donors (Lipinski definition) is 5. The van der Waals surface area contributed by atoms with Crippen molar-refractivity contribution in [1.82, 2.24) is 45.7 Å². The summed E-state index contributed by atoms with van der Waals surface area (Å²) < 4.78 is 50.5. The first-order valence-corrected chi connectivity index (χ1v) is 26.0. The lowest BCUT2D eigenvalue weighted by molar-refractivity contribution is -0.172. The highest BCUT2D eigenvalue weighted by Crippen LogP contribution is 2.41. The van der Waals surface area contributed by atoms with Gasteiger partial charge in [-0.05, 0) is 68.3 Å². The largest absolute Gasteiger partial charge is 0.458 e. The van der Waals surface area contributed by atoms with E-state index in [1.807, 2.05) is 6.92 Å². The van der Waals surface area contributed by atoms with Gasteiger partial charge in [-0.1, -0.05) is 51.7 Å². The van der Waals surface area contributed by atoms with E-state index in [-0.39, 0.29) is 80.3 Å². The van der Waals surface area contributed by atoms with Gasteiger partial charge in [0.25, 0.3) is 5.56 Å². The summed E-state index contributed by atoms with van der Waals surface area (Å²) in [6.07, 6.45) is 8.38. The summed E-state index contributed by atoms with van der Waals surface area (Å²) in [7, 11) is -3.54. The maximum atomic E-state index is 14.9. The van der Waals surface area contributed by atoms with Crippen LogP contribution in [-0.4, -0.2) is 125 Å². The summed E-state index contributed by atoms with van der Waals surface area (Å²) in [5.41, 5.74) is -0.266. The number of nitrogens with one attached hydrogen (secondary N) is 4. The zero-order valence-corrected chi connectivity index (χ0v) is 42.5. The standard InChI is InChI=1S/C51H60FN9O11S/c1-7-51(68)37-22-40-44-35(27-61(40)46(65)36(37)28-72-48(51)67)33(34-21-31(5)38(52)23-39(34)57-44)14-12-20-71-29-56-42(63)26-53-47(66)50(16-18-60(8-2)19-17-50)59-45(64)43(30(3)4)58-41(62)15-11-9-10-13-32-24-54-49(55-25-32)73(6,69)70/h12,14,21-25,30,43,68H,7-9,11,15-20,26-29H2,1-6H3,(H,53,66)(H,56,63)(H,58,62)(H,59,64)/b14-12+/t43-,51-/m0/s1. The highest BCUT2D eigenvalue weighted by molar-refractivity contribution is 7.90. The third-order valence-electron chi connectivity index (χ3n) is 13.4. The average Bonchev–Trinajstić information content (AvgIpc) is 3.73. The van der Waals surface area contributed by atoms with Crippen LogP contribution in [0.2, 0.25) is 0 Å². The second-order valence-electron chi connectivity index (χ2n) is 18.8. The van der Waals surface area contributed by atoms with Crippen molar-refractivity contribution in [1.29, 1.82) is 0 Å². The Kier molecular flexibility index (Phi) is 16.6. The highest BCUT2D eigenvalue weighted by Gasteiger charge is 2.46. The molecule has 0 saturated carbocycles. The molecule has 0 unspecified atom stereocenters. The number of carbonyl (C=O) groups is 5. The van der Waals surface area contributed by atoms with Gasteiger partial charge in [-0.3, -0.25) is 24.0 Å². The summed E-state index contributed by atoms with van der Waals surface area (Å²) in [5.74, 6) is 2.09. The molecule has 388 valence electrons. The van der Waals surface area contributed by atoms with Gasteiger partial charge in [-0.15, -0.1) is 0 Å². The number of halogens is 1. The molecule has 73 heavy (non-hydrogen) atoms. The number of sulfone groups is 1. The Balaban J connectivity index is 0.937. The zero-order chi connectivity index (χ0) is 52.8. The van der Waals surface area contributed by atoms with Crippen molar-refractivity contribution in [3.8, 4) is 23.2 Å². The third-order valence-corrected chi connectivity index (χ3v) is 14.3. The van der Waals surface area contributed by atoms with Crippen molar-refractivity contribution < 1.29 is 51.4 Å². The first kappa shape index (κ1) is 53.9. The van der Waals surface area contributed by atoms with E-state index < -0.39 is 68.6 Å². The minimum atomic E-state index is -3.54. The first-order valence-electron chi connectivity index (χ1n) is 24.1. The molecule has 0 radical (unpaired) electrons. The molecular formula is C51H60FN9O11S. The number of nitrogens with zero attached hydrogens (tertiary/aromatic N) is 5. The number of unbranched alkanes of at least 4 members (excludes halogenated alkanes) is 1. The molecular weight excluding hydrogens is 966 g/mol. The summed E-state index contributed by atoms with van der Waals surface area (Å²) in [6.45, 7) is 9.76. The molecule has 22 heteroatoms. The van der Waals surface area contributed by atoms with E-state index in [1.54, 1.807) is 52.0 Å². The summed E-state index contributed by atoms with van der Waals surface area (Å²) >= 11 is 0. The van der Waals surface area contributed by atoms with Crippen molar-refractivity contribution in [3.05, 3.63) is 86.2 Å². The van der Waals surface area contributed by atoms with Crippen molar-refractivity contribution in [2.45, 2.75) is 109 Å². The number of aliphatic hydroxyl groups is 1.